The molecule has 0 saturated carbocycles. The molecule has 0 aliphatic heterocycles. The van der Waals surface area contributed by atoms with E-state index < -0.39 is 0 Å². The lowest BCUT2D eigenvalue weighted by Crippen LogP contribution is -2.12. The van der Waals surface area contributed by atoms with Crippen LogP contribution in [-0.4, -0.2) is 20.2 Å². The summed E-state index contributed by atoms with van der Waals surface area (Å²) in [6, 6.07) is 7.54. The van der Waals surface area contributed by atoms with E-state index in [1.807, 2.05) is 32.9 Å². The van der Waals surface area contributed by atoms with Gasteiger partial charge >= 0.3 is 0 Å². The molecule has 1 atom stereocenters. The maximum absolute atomic E-state index is 11.6. The van der Waals surface area contributed by atoms with Gasteiger partial charge < -0.3 is 9.40 Å². The molecule has 0 bridgehead atoms. The fourth-order valence-corrected chi connectivity index (χ4v) is 3.16. The number of hydrogen-bond donors (Lipinski definition) is 1. The summed E-state index contributed by atoms with van der Waals surface area (Å²) in [5.41, 5.74) is 3.73. The molecule has 3 rings (SSSR count). The maximum atomic E-state index is 11.6. The molecule has 0 fully saturated rings. The van der Waals surface area contributed by atoms with Crippen LogP contribution in [0.3, 0.4) is 0 Å². The molecular weight excluding hydrogens is 324 g/mol. The Morgan fingerprint density at radius 2 is 1.96 bits per heavy atom. The quantitative estimate of drug-likeness (QED) is 0.729. The van der Waals surface area contributed by atoms with Crippen molar-refractivity contribution in [2.24, 2.45) is 0 Å². The average molecular weight is 342 g/mol. The predicted molar refractivity (Wildman–Crippen MR) is 93.1 cm³/mol. The summed E-state index contributed by atoms with van der Waals surface area (Å²) in [5.74, 6) is 1.09. The molecule has 0 amide bonds. The highest BCUT2D eigenvalue weighted by Gasteiger charge is 2.17. The minimum absolute atomic E-state index is 0.106. The van der Waals surface area contributed by atoms with Crippen molar-refractivity contribution in [3.63, 3.8) is 0 Å². The standard InChI is InChI=1S/C17H18N4O2S/c1-9-5-6-13(10(2)7-9)16-20-21-17(23-16)24-12(4)15-18-11(3)8-14(22)19-15/h5-8,12H,1-4H3,(H,18,19,22). The largest absolute Gasteiger partial charge is 0.411 e. The van der Waals surface area contributed by atoms with Gasteiger partial charge in [0.15, 0.2) is 0 Å². The van der Waals surface area contributed by atoms with E-state index in [4.69, 9.17) is 4.42 Å². The third kappa shape index (κ3) is 3.56. The summed E-state index contributed by atoms with van der Waals surface area (Å²) in [6.07, 6.45) is 0. The molecule has 0 radical (unpaired) electrons. The van der Waals surface area contributed by atoms with Gasteiger partial charge in [0.2, 0.25) is 5.89 Å². The van der Waals surface area contributed by atoms with Crippen molar-refractivity contribution in [1.29, 1.82) is 0 Å². The number of H-pyrrole nitrogens is 1. The first-order valence-corrected chi connectivity index (χ1v) is 8.46. The molecule has 1 unspecified atom stereocenters. The summed E-state index contributed by atoms with van der Waals surface area (Å²) in [5, 5.41) is 8.56. The van der Waals surface area contributed by atoms with Crippen LogP contribution in [-0.2, 0) is 0 Å². The van der Waals surface area contributed by atoms with Crippen molar-refractivity contribution in [2.45, 2.75) is 38.2 Å². The van der Waals surface area contributed by atoms with Crippen molar-refractivity contribution in [3.05, 3.63) is 57.3 Å². The van der Waals surface area contributed by atoms with E-state index in [-0.39, 0.29) is 10.8 Å². The molecule has 0 spiro atoms. The Morgan fingerprint density at radius 3 is 2.67 bits per heavy atom. The van der Waals surface area contributed by atoms with Gasteiger partial charge in [-0.15, -0.1) is 10.2 Å². The molecule has 124 valence electrons. The molecule has 0 aliphatic rings. The van der Waals surface area contributed by atoms with Crippen LogP contribution < -0.4 is 5.56 Å². The van der Waals surface area contributed by atoms with Crippen molar-refractivity contribution >= 4 is 11.8 Å². The summed E-state index contributed by atoms with van der Waals surface area (Å²) in [4.78, 5) is 18.7. The molecular formula is C17H18N4O2S. The first kappa shape index (κ1) is 16.4. The third-order valence-corrected chi connectivity index (χ3v) is 4.51. The molecule has 1 N–H and O–H groups in total. The SMILES string of the molecule is Cc1ccc(-c2nnc(SC(C)c3nc(C)cc(=O)[nH]3)o2)c(C)c1. The van der Waals surface area contributed by atoms with Crippen molar-refractivity contribution in [3.8, 4) is 11.5 Å². The van der Waals surface area contributed by atoms with Crippen molar-refractivity contribution in [1.82, 2.24) is 20.2 Å². The lowest BCUT2D eigenvalue weighted by atomic mass is 10.1. The van der Waals surface area contributed by atoms with Gasteiger partial charge in [0.25, 0.3) is 10.8 Å². The topological polar surface area (TPSA) is 84.7 Å². The molecule has 2 aromatic heterocycles. The second-order valence-electron chi connectivity index (χ2n) is 5.72. The average Bonchev–Trinajstić information content (AvgIpc) is 2.94. The fraction of sp³-hybridized carbons (Fsp3) is 0.294. The highest BCUT2D eigenvalue weighted by atomic mass is 32.2. The zero-order chi connectivity index (χ0) is 17.3. The minimum Gasteiger partial charge on any atom is -0.411 e. The van der Waals surface area contributed by atoms with Crippen LogP contribution in [0.1, 0.15) is 34.8 Å². The molecule has 6 nitrogen and oxygen atoms in total. The summed E-state index contributed by atoms with van der Waals surface area (Å²) in [6.45, 7) is 7.79. The van der Waals surface area contributed by atoms with Gasteiger partial charge in [-0.1, -0.05) is 29.5 Å². The lowest BCUT2D eigenvalue weighted by molar-refractivity contribution is 0.464. The van der Waals surface area contributed by atoms with E-state index in [0.29, 0.717) is 22.6 Å². The number of benzene rings is 1. The van der Waals surface area contributed by atoms with Gasteiger partial charge in [0.1, 0.15) is 5.82 Å². The van der Waals surface area contributed by atoms with Crippen molar-refractivity contribution < 1.29 is 4.42 Å². The Kier molecular flexibility index (Phi) is 4.53. The van der Waals surface area contributed by atoms with Gasteiger partial charge in [-0.05, 0) is 39.3 Å². The van der Waals surface area contributed by atoms with Crippen LogP contribution in [0.15, 0.2) is 38.7 Å². The highest BCUT2D eigenvalue weighted by molar-refractivity contribution is 7.99. The second kappa shape index (κ2) is 6.60. The number of aromatic nitrogens is 4. The zero-order valence-corrected chi connectivity index (χ0v) is 14.8. The van der Waals surface area contributed by atoms with Gasteiger partial charge in [-0.3, -0.25) is 4.79 Å². The number of thioether (sulfide) groups is 1. The molecule has 0 saturated heterocycles. The molecule has 1 aromatic carbocycles. The van der Waals surface area contributed by atoms with Crippen LogP contribution in [0.4, 0.5) is 0 Å². The summed E-state index contributed by atoms with van der Waals surface area (Å²) < 4.78 is 5.76. The van der Waals surface area contributed by atoms with Crippen molar-refractivity contribution in [2.75, 3.05) is 0 Å². The monoisotopic (exact) mass is 342 g/mol. The van der Waals surface area contributed by atoms with Crippen LogP contribution in [0.2, 0.25) is 0 Å². The van der Waals surface area contributed by atoms with E-state index in [1.165, 1.54) is 23.4 Å². The number of aromatic amines is 1. The first-order chi connectivity index (χ1) is 11.4. The number of nitrogens with one attached hydrogen (secondary N) is 1. The van der Waals surface area contributed by atoms with Gasteiger partial charge in [0, 0.05) is 17.3 Å². The number of rotatable bonds is 4. The highest BCUT2D eigenvalue weighted by Crippen LogP contribution is 2.34. The summed E-state index contributed by atoms with van der Waals surface area (Å²) in [7, 11) is 0. The smallest absolute Gasteiger partial charge is 0.277 e. The van der Waals surface area contributed by atoms with E-state index in [0.717, 1.165) is 11.1 Å². The van der Waals surface area contributed by atoms with Gasteiger partial charge in [0.05, 0.1) is 5.25 Å². The maximum Gasteiger partial charge on any atom is 0.277 e. The number of aryl methyl sites for hydroxylation is 3. The Bertz CT molecular complexity index is 932. The second-order valence-corrected chi connectivity index (χ2v) is 7.02. The Labute approximate surface area is 143 Å². The molecule has 7 heteroatoms. The van der Waals surface area contributed by atoms with E-state index in [2.05, 4.69) is 26.2 Å². The van der Waals surface area contributed by atoms with Crippen LogP contribution >= 0.6 is 11.8 Å². The summed E-state index contributed by atoms with van der Waals surface area (Å²) >= 11 is 1.37. The molecule has 0 aliphatic carbocycles. The Hall–Kier alpha value is -2.41. The number of hydrogen-bond acceptors (Lipinski definition) is 6. The van der Waals surface area contributed by atoms with Gasteiger partial charge in [-0.2, -0.15) is 0 Å². The number of nitrogens with zero attached hydrogens (tertiary/aromatic N) is 3. The zero-order valence-electron chi connectivity index (χ0n) is 14.0. The van der Waals surface area contributed by atoms with Gasteiger partial charge in [-0.25, -0.2) is 4.98 Å². The van der Waals surface area contributed by atoms with E-state index >= 15 is 0 Å². The van der Waals surface area contributed by atoms with Crippen LogP contribution in [0.25, 0.3) is 11.5 Å². The molecule has 3 aromatic rings. The van der Waals surface area contributed by atoms with E-state index in [9.17, 15) is 4.79 Å². The third-order valence-electron chi connectivity index (χ3n) is 3.57. The van der Waals surface area contributed by atoms with Crippen LogP contribution in [0, 0.1) is 20.8 Å². The minimum atomic E-state index is -0.161. The van der Waals surface area contributed by atoms with E-state index in [1.54, 1.807) is 6.92 Å². The Morgan fingerprint density at radius 1 is 1.17 bits per heavy atom. The normalized spacial score (nSPS) is 12.3. The molecule has 24 heavy (non-hydrogen) atoms. The fourth-order valence-electron chi connectivity index (χ4n) is 2.42. The Balaban J connectivity index is 1.82. The predicted octanol–water partition coefficient (Wildman–Crippen LogP) is 3.60. The molecule has 2 heterocycles. The first-order valence-electron chi connectivity index (χ1n) is 7.58. The van der Waals surface area contributed by atoms with Crippen LogP contribution in [0.5, 0.6) is 0 Å². The lowest BCUT2D eigenvalue weighted by Gasteiger charge is -2.07.